The van der Waals surface area contributed by atoms with Crippen LogP contribution in [0.4, 0.5) is 0 Å². The summed E-state index contributed by atoms with van der Waals surface area (Å²) in [6.07, 6.45) is 2.43. The fourth-order valence-electron chi connectivity index (χ4n) is 1.65. The molecule has 0 radical (unpaired) electrons. The number of ether oxygens (including phenoxy) is 1. The van der Waals surface area contributed by atoms with E-state index in [4.69, 9.17) is 4.74 Å². The summed E-state index contributed by atoms with van der Waals surface area (Å²) in [5, 5.41) is 14.2. The molecule has 0 fully saturated rings. The van der Waals surface area contributed by atoms with Gasteiger partial charge in [0.15, 0.2) is 0 Å². The molecule has 2 unspecified atom stereocenters. The van der Waals surface area contributed by atoms with Gasteiger partial charge in [-0.15, -0.1) is 0 Å². The van der Waals surface area contributed by atoms with Gasteiger partial charge in [-0.2, -0.15) is 5.10 Å². The minimum Gasteiger partial charge on any atom is -0.497 e. The number of aliphatic hydroxyl groups excluding tert-OH is 1. The molecule has 1 aromatic carbocycles. The molecule has 0 aliphatic rings. The van der Waals surface area contributed by atoms with Crippen LogP contribution in [0.15, 0.2) is 36.9 Å². The van der Waals surface area contributed by atoms with Gasteiger partial charge in [0.05, 0.1) is 13.2 Å². The number of benzene rings is 1. The van der Waals surface area contributed by atoms with Crippen LogP contribution in [0.5, 0.6) is 5.75 Å². The second kappa shape index (κ2) is 4.97. The first kappa shape index (κ1) is 11.6. The van der Waals surface area contributed by atoms with Gasteiger partial charge in [-0.25, -0.2) is 9.67 Å². The average molecular weight is 233 g/mol. The normalized spacial score (nSPS) is 14.3. The number of rotatable bonds is 4. The van der Waals surface area contributed by atoms with Gasteiger partial charge in [0.25, 0.3) is 0 Å². The van der Waals surface area contributed by atoms with E-state index in [-0.39, 0.29) is 6.04 Å². The van der Waals surface area contributed by atoms with Gasteiger partial charge in [-0.3, -0.25) is 0 Å². The van der Waals surface area contributed by atoms with Crippen molar-refractivity contribution in [3.05, 3.63) is 42.5 Å². The van der Waals surface area contributed by atoms with Crippen molar-refractivity contribution in [3.63, 3.8) is 0 Å². The van der Waals surface area contributed by atoms with E-state index >= 15 is 0 Å². The third-order valence-electron chi connectivity index (χ3n) is 2.77. The highest BCUT2D eigenvalue weighted by molar-refractivity contribution is 5.28. The largest absolute Gasteiger partial charge is 0.497 e. The van der Waals surface area contributed by atoms with Crippen LogP contribution in [0.2, 0.25) is 0 Å². The van der Waals surface area contributed by atoms with Crippen LogP contribution in [-0.2, 0) is 0 Å². The average Bonchev–Trinajstić information content (AvgIpc) is 2.91. The Hall–Kier alpha value is -1.88. The lowest BCUT2D eigenvalue weighted by Crippen LogP contribution is -2.15. The van der Waals surface area contributed by atoms with E-state index in [1.165, 1.54) is 6.33 Å². The third kappa shape index (κ3) is 2.45. The molecular weight excluding hydrogens is 218 g/mol. The summed E-state index contributed by atoms with van der Waals surface area (Å²) in [6, 6.07) is 7.18. The molecule has 0 bridgehead atoms. The van der Waals surface area contributed by atoms with E-state index in [9.17, 15) is 5.11 Å². The second-order valence-electron chi connectivity index (χ2n) is 3.83. The molecular formula is C12H15N3O2. The van der Waals surface area contributed by atoms with E-state index in [0.29, 0.717) is 0 Å². The molecule has 5 nitrogen and oxygen atoms in total. The number of hydrogen-bond acceptors (Lipinski definition) is 4. The molecule has 0 spiro atoms. The molecule has 90 valence electrons. The van der Waals surface area contributed by atoms with E-state index in [1.54, 1.807) is 18.1 Å². The zero-order chi connectivity index (χ0) is 12.3. The van der Waals surface area contributed by atoms with E-state index in [1.807, 2.05) is 31.2 Å². The molecule has 0 aliphatic heterocycles. The first-order valence-electron chi connectivity index (χ1n) is 5.38. The number of methoxy groups -OCH3 is 1. The van der Waals surface area contributed by atoms with Crippen LogP contribution >= 0.6 is 0 Å². The standard InChI is InChI=1S/C12H15N3O2/c1-9(15-8-13-7-14-15)12(16)10-3-5-11(17-2)6-4-10/h3-9,12,16H,1-2H3. The Morgan fingerprint density at radius 3 is 2.53 bits per heavy atom. The Labute approximate surface area is 99.7 Å². The van der Waals surface area contributed by atoms with Crippen LogP contribution in [0, 0.1) is 0 Å². The minimum atomic E-state index is -0.623. The van der Waals surface area contributed by atoms with Crippen molar-refractivity contribution in [3.8, 4) is 5.75 Å². The van der Waals surface area contributed by atoms with Crippen LogP contribution < -0.4 is 4.74 Å². The van der Waals surface area contributed by atoms with Crippen molar-refractivity contribution in [2.24, 2.45) is 0 Å². The van der Waals surface area contributed by atoms with Gasteiger partial charge in [0.2, 0.25) is 0 Å². The fourth-order valence-corrected chi connectivity index (χ4v) is 1.65. The third-order valence-corrected chi connectivity index (χ3v) is 2.77. The molecule has 1 heterocycles. The monoisotopic (exact) mass is 233 g/mol. The maximum absolute atomic E-state index is 10.2. The fraction of sp³-hybridized carbons (Fsp3) is 0.333. The summed E-state index contributed by atoms with van der Waals surface area (Å²) in [7, 11) is 1.61. The molecule has 1 N–H and O–H groups in total. The molecule has 17 heavy (non-hydrogen) atoms. The number of hydrogen-bond donors (Lipinski definition) is 1. The Morgan fingerprint density at radius 2 is 2.00 bits per heavy atom. The Kier molecular flexibility index (Phi) is 3.39. The first-order valence-corrected chi connectivity index (χ1v) is 5.38. The Morgan fingerprint density at radius 1 is 1.29 bits per heavy atom. The quantitative estimate of drug-likeness (QED) is 0.871. The summed E-state index contributed by atoms with van der Waals surface area (Å²) in [6.45, 7) is 1.89. The van der Waals surface area contributed by atoms with Crippen molar-refractivity contribution in [2.45, 2.75) is 19.1 Å². The lowest BCUT2D eigenvalue weighted by Gasteiger charge is -2.19. The molecule has 0 saturated carbocycles. The number of nitrogens with zero attached hydrogens (tertiary/aromatic N) is 3. The highest BCUT2D eigenvalue weighted by Crippen LogP contribution is 2.26. The van der Waals surface area contributed by atoms with Crippen LogP contribution in [0.25, 0.3) is 0 Å². The number of aliphatic hydroxyl groups is 1. The lowest BCUT2D eigenvalue weighted by molar-refractivity contribution is 0.115. The van der Waals surface area contributed by atoms with Crippen molar-refractivity contribution < 1.29 is 9.84 Å². The second-order valence-corrected chi connectivity index (χ2v) is 3.83. The molecule has 2 rings (SSSR count). The predicted octanol–water partition coefficient (Wildman–Crippen LogP) is 1.58. The summed E-state index contributed by atoms with van der Waals surface area (Å²) in [4.78, 5) is 3.87. The first-order chi connectivity index (χ1) is 8.22. The predicted molar refractivity (Wildman–Crippen MR) is 62.7 cm³/mol. The Balaban J connectivity index is 2.16. The van der Waals surface area contributed by atoms with Gasteiger partial charge >= 0.3 is 0 Å². The summed E-state index contributed by atoms with van der Waals surface area (Å²) < 4.78 is 6.71. The Bertz CT molecular complexity index is 453. The maximum Gasteiger partial charge on any atom is 0.137 e. The molecule has 1 aromatic heterocycles. The number of aromatic nitrogens is 3. The summed E-state index contributed by atoms with van der Waals surface area (Å²) in [5.41, 5.74) is 0.828. The van der Waals surface area contributed by atoms with Gasteiger partial charge in [-0.1, -0.05) is 12.1 Å². The lowest BCUT2D eigenvalue weighted by atomic mass is 10.0. The SMILES string of the molecule is COc1ccc(C(O)C(C)n2cncn2)cc1. The van der Waals surface area contributed by atoms with Gasteiger partial charge in [0.1, 0.15) is 24.5 Å². The molecule has 0 aliphatic carbocycles. The van der Waals surface area contributed by atoms with E-state index < -0.39 is 6.10 Å². The highest BCUT2D eigenvalue weighted by atomic mass is 16.5. The highest BCUT2D eigenvalue weighted by Gasteiger charge is 2.18. The maximum atomic E-state index is 10.2. The molecule has 0 saturated heterocycles. The van der Waals surface area contributed by atoms with Crippen molar-refractivity contribution in [1.29, 1.82) is 0 Å². The van der Waals surface area contributed by atoms with Crippen LogP contribution in [-0.4, -0.2) is 27.0 Å². The van der Waals surface area contributed by atoms with Crippen molar-refractivity contribution in [1.82, 2.24) is 14.8 Å². The van der Waals surface area contributed by atoms with E-state index in [0.717, 1.165) is 11.3 Å². The van der Waals surface area contributed by atoms with Gasteiger partial charge < -0.3 is 9.84 Å². The zero-order valence-corrected chi connectivity index (χ0v) is 9.82. The minimum absolute atomic E-state index is 0.161. The van der Waals surface area contributed by atoms with E-state index in [2.05, 4.69) is 10.1 Å². The van der Waals surface area contributed by atoms with Crippen molar-refractivity contribution >= 4 is 0 Å². The summed E-state index contributed by atoms with van der Waals surface area (Å²) >= 11 is 0. The molecule has 5 heteroatoms. The molecule has 2 aromatic rings. The van der Waals surface area contributed by atoms with Gasteiger partial charge in [0, 0.05) is 0 Å². The molecule has 0 amide bonds. The van der Waals surface area contributed by atoms with Gasteiger partial charge in [-0.05, 0) is 24.6 Å². The van der Waals surface area contributed by atoms with Crippen LogP contribution in [0.1, 0.15) is 24.6 Å². The summed E-state index contributed by atoms with van der Waals surface area (Å²) in [5.74, 6) is 0.773. The topological polar surface area (TPSA) is 60.2 Å². The molecule has 2 atom stereocenters. The zero-order valence-electron chi connectivity index (χ0n) is 9.82. The van der Waals surface area contributed by atoms with Crippen molar-refractivity contribution in [2.75, 3.05) is 7.11 Å². The van der Waals surface area contributed by atoms with Crippen LogP contribution in [0.3, 0.4) is 0 Å². The smallest absolute Gasteiger partial charge is 0.137 e.